The average Bonchev–Trinajstić information content (AvgIpc) is 2.79. The summed E-state index contributed by atoms with van der Waals surface area (Å²) in [6.45, 7) is 16.1. The van der Waals surface area contributed by atoms with Crippen molar-refractivity contribution in [2.75, 3.05) is 11.5 Å². The SMILES string of the molecule is Cc1cc(CCC(CCc2cc(C)cc(C(C)(C)C)c2O)(CSCCC(=O)O)C(=O)O)c(O)c(C(C)(C)C)c1. The highest BCUT2D eigenvalue weighted by Gasteiger charge is 2.38. The van der Waals surface area contributed by atoms with Gasteiger partial charge in [-0.3, -0.25) is 9.59 Å². The molecule has 2 aromatic carbocycles. The first-order valence-electron chi connectivity index (χ1n) is 13.6. The van der Waals surface area contributed by atoms with E-state index < -0.39 is 17.4 Å². The van der Waals surface area contributed by atoms with Crippen molar-refractivity contribution in [3.8, 4) is 11.5 Å². The van der Waals surface area contributed by atoms with E-state index in [1.165, 1.54) is 11.8 Å². The molecule has 0 spiro atoms. The van der Waals surface area contributed by atoms with E-state index in [2.05, 4.69) is 0 Å². The van der Waals surface area contributed by atoms with Crippen molar-refractivity contribution in [2.45, 2.75) is 98.3 Å². The second kappa shape index (κ2) is 12.7. The molecule has 39 heavy (non-hydrogen) atoms. The molecule has 0 amide bonds. The number of carboxylic acid groups (broad SMARTS) is 2. The van der Waals surface area contributed by atoms with Crippen LogP contribution in [0.15, 0.2) is 24.3 Å². The Labute approximate surface area is 237 Å². The van der Waals surface area contributed by atoms with Gasteiger partial charge in [0, 0.05) is 11.5 Å². The van der Waals surface area contributed by atoms with E-state index in [1.807, 2.05) is 79.7 Å². The quantitative estimate of drug-likeness (QED) is 0.204. The molecule has 7 heteroatoms. The molecule has 0 fully saturated rings. The van der Waals surface area contributed by atoms with Gasteiger partial charge in [-0.05, 0) is 72.6 Å². The standard InChI is InChI=1S/C32H46O6S/c1-20-15-22(27(35)24(17-20)30(3,4)5)9-12-32(29(37)38,19-39-14-11-26(33)34)13-10-23-16-21(2)18-25(28(23)36)31(6,7)8/h15-18,35-36H,9-14,19H2,1-8H3,(H,33,34)(H,37,38). The predicted octanol–water partition coefficient (Wildman–Crippen LogP) is 7.15. The highest BCUT2D eigenvalue weighted by molar-refractivity contribution is 7.99. The molecule has 0 aromatic heterocycles. The van der Waals surface area contributed by atoms with Crippen molar-refractivity contribution in [3.63, 3.8) is 0 Å². The lowest BCUT2D eigenvalue weighted by atomic mass is 9.77. The third-order valence-corrected chi connectivity index (χ3v) is 8.57. The third-order valence-electron chi connectivity index (χ3n) is 7.32. The zero-order chi connectivity index (χ0) is 29.8. The average molecular weight is 559 g/mol. The number of carboxylic acids is 2. The molecular formula is C32H46O6S. The molecule has 0 aliphatic heterocycles. The summed E-state index contributed by atoms with van der Waals surface area (Å²) in [7, 11) is 0. The molecular weight excluding hydrogens is 512 g/mol. The van der Waals surface area contributed by atoms with Gasteiger partial charge in [-0.25, -0.2) is 0 Å². The van der Waals surface area contributed by atoms with Gasteiger partial charge in [0.05, 0.1) is 11.8 Å². The Kier molecular flexibility index (Phi) is 10.6. The minimum absolute atomic E-state index is 0.0401. The van der Waals surface area contributed by atoms with Crippen LogP contribution in [0.5, 0.6) is 11.5 Å². The maximum Gasteiger partial charge on any atom is 0.310 e. The van der Waals surface area contributed by atoms with Crippen molar-refractivity contribution < 1.29 is 30.0 Å². The molecule has 0 radical (unpaired) electrons. The van der Waals surface area contributed by atoms with E-state index >= 15 is 0 Å². The number of hydrogen-bond donors (Lipinski definition) is 4. The second-order valence-electron chi connectivity index (χ2n) is 12.9. The van der Waals surface area contributed by atoms with E-state index in [0.717, 1.165) is 33.4 Å². The minimum atomic E-state index is -1.17. The van der Waals surface area contributed by atoms with E-state index in [4.69, 9.17) is 5.11 Å². The Bertz CT molecular complexity index is 1110. The van der Waals surface area contributed by atoms with Gasteiger partial charge in [0.25, 0.3) is 0 Å². The Balaban J connectivity index is 2.45. The Morgan fingerprint density at radius 1 is 0.744 bits per heavy atom. The van der Waals surface area contributed by atoms with Gasteiger partial charge in [0.2, 0.25) is 0 Å². The van der Waals surface area contributed by atoms with Gasteiger partial charge in [0.1, 0.15) is 11.5 Å². The fraction of sp³-hybridized carbons (Fsp3) is 0.562. The van der Waals surface area contributed by atoms with E-state index in [9.17, 15) is 24.9 Å². The van der Waals surface area contributed by atoms with Crippen LogP contribution in [0.2, 0.25) is 0 Å². The number of benzene rings is 2. The van der Waals surface area contributed by atoms with Crippen LogP contribution in [0.4, 0.5) is 0 Å². The number of phenolic OH excluding ortho intramolecular Hbond substituents is 2. The third kappa shape index (κ3) is 8.66. The number of aryl methyl sites for hydroxylation is 4. The van der Waals surface area contributed by atoms with Crippen molar-refractivity contribution in [2.24, 2.45) is 5.41 Å². The number of carbonyl (C=O) groups is 2. The summed E-state index contributed by atoms with van der Waals surface area (Å²) in [5.41, 5.74) is 3.39. The van der Waals surface area contributed by atoms with Crippen molar-refractivity contribution in [1.82, 2.24) is 0 Å². The molecule has 0 aliphatic carbocycles. The highest BCUT2D eigenvalue weighted by atomic mass is 32.2. The minimum Gasteiger partial charge on any atom is -0.507 e. The van der Waals surface area contributed by atoms with Gasteiger partial charge < -0.3 is 20.4 Å². The van der Waals surface area contributed by atoms with Crippen molar-refractivity contribution in [3.05, 3.63) is 57.6 Å². The lowest BCUT2D eigenvalue weighted by Crippen LogP contribution is -2.35. The van der Waals surface area contributed by atoms with Crippen LogP contribution in [0.25, 0.3) is 0 Å². The molecule has 0 heterocycles. The van der Waals surface area contributed by atoms with Gasteiger partial charge in [-0.2, -0.15) is 11.8 Å². The van der Waals surface area contributed by atoms with E-state index in [1.54, 1.807) is 0 Å². The van der Waals surface area contributed by atoms with Gasteiger partial charge in [-0.15, -0.1) is 0 Å². The first kappa shape index (κ1) is 32.5. The van der Waals surface area contributed by atoms with Crippen LogP contribution in [0.3, 0.4) is 0 Å². The number of aliphatic carboxylic acids is 2. The van der Waals surface area contributed by atoms with Crippen LogP contribution < -0.4 is 0 Å². The normalized spacial score (nSPS) is 12.5. The van der Waals surface area contributed by atoms with Crippen LogP contribution >= 0.6 is 11.8 Å². The second-order valence-corrected chi connectivity index (χ2v) is 14.0. The molecule has 0 unspecified atom stereocenters. The Morgan fingerprint density at radius 3 is 1.49 bits per heavy atom. The van der Waals surface area contributed by atoms with E-state index in [0.29, 0.717) is 18.6 Å². The lowest BCUT2D eigenvalue weighted by Gasteiger charge is -2.31. The summed E-state index contributed by atoms with van der Waals surface area (Å²) in [4.78, 5) is 24.0. The van der Waals surface area contributed by atoms with Crippen LogP contribution in [-0.4, -0.2) is 43.9 Å². The first-order chi connectivity index (χ1) is 17.9. The Morgan fingerprint density at radius 2 is 1.15 bits per heavy atom. The number of hydrogen-bond acceptors (Lipinski definition) is 5. The van der Waals surface area contributed by atoms with Crippen molar-refractivity contribution >= 4 is 23.7 Å². The molecule has 6 nitrogen and oxygen atoms in total. The molecule has 0 bridgehead atoms. The zero-order valence-electron chi connectivity index (χ0n) is 24.8. The first-order valence-corrected chi connectivity index (χ1v) is 14.7. The van der Waals surface area contributed by atoms with Crippen LogP contribution in [0, 0.1) is 19.3 Å². The van der Waals surface area contributed by atoms with Crippen LogP contribution in [0.1, 0.15) is 94.2 Å². The zero-order valence-corrected chi connectivity index (χ0v) is 25.6. The lowest BCUT2D eigenvalue weighted by molar-refractivity contribution is -0.148. The van der Waals surface area contributed by atoms with Gasteiger partial charge in [0.15, 0.2) is 0 Å². The molecule has 4 N–H and O–H groups in total. The molecule has 0 atom stereocenters. The summed E-state index contributed by atoms with van der Waals surface area (Å²) in [6, 6.07) is 7.77. The molecule has 2 rings (SSSR count). The molecule has 0 saturated heterocycles. The fourth-order valence-corrected chi connectivity index (χ4v) is 6.22. The van der Waals surface area contributed by atoms with Gasteiger partial charge >= 0.3 is 11.9 Å². The molecule has 216 valence electrons. The van der Waals surface area contributed by atoms with Gasteiger partial charge in [-0.1, -0.05) is 76.9 Å². The highest BCUT2D eigenvalue weighted by Crippen LogP contribution is 2.41. The summed E-state index contributed by atoms with van der Waals surface area (Å²) >= 11 is 1.33. The fourth-order valence-electron chi connectivity index (χ4n) is 4.95. The van der Waals surface area contributed by atoms with Crippen LogP contribution in [-0.2, 0) is 33.3 Å². The maximum absolute atomic E-state index is 12.9. The van der Waals surface area contributed by atoms with Crippen molar-refractivity contribution in [1.29, 1.82) is 0 Å². The molecule has 0 aliphatic rings. The maximum atomic E-state index is 12.9. The number of thioether (sulfide) groups is 1. The summed E-state index contributed by atoms with van der Waals surface area (Å²) in [5.74, 6) is -0.890. The summed E-state index contributed by atoms with van der Waals surface area (Å²) in [5, 5.41) is 41.8. The monoisotopic (exact) mass is 558 g/mol. The molecule has 0 saturated carbocycles. The summed E-state index contributed by atoms with van der Waals surface area (Å²) in [6.07, 6.45) is 1.26. The number of rotatable bonds is 12. The van der Waals surface area contributed by atoms with E-state index in [-0.39, 0.29) is 47.3 Å². The Hall–Kier alpha value is -2.67. The largest absolute Gasteiger partial charge is 0.507 e. The molecule has 2 aromatic rings. The smallest absolute Gasteiger partial charge is 0.310 e. The predicted molar refractivity (Wildman–Crippen MR) is 159 cm³/mol. The summed E-state index contributed by atoms with van der Waals surface area (Å²) < 4.78 is 0. The topological polar surface area (TPSA) is 115 Å². The number of phenols is 2. The number of aromatic hydroxyl groups is 2.